The third-order valence-corrected chi connectivity index (χ3v) is 7.42. The highest BCUT2D eigenvalue weighted by atomic mass is 16.5. The van der Waals surface area contributed by atoms with Crippen LogP contribution in [0.15, 0.2) is 42.5 Å². The van der Waals surface area contributed by atoms with Crippen molar-refractivity contribution in [2.24, 2.45) is 0 Å². The van der Waals surface area contributed by atoms with E-state index in [0.717, 1.165) is 102 Å². The Kier molecular flexibility index (Phi) is 21.4. The average Bonchev–Trinajstić information content (AvgIpc) is 2.95. The minimum absolute atomic E-state index is 0.0407. The summed E-state index contributed by atoms with van der Waals surface area (Å²) >= 11 is 0. The van der Waals surface area contributed by atoms with E-state index in [1.54, 1.807) is 18.2 Å². The lowest BCUT2D eigenvalue weighted by molar-refractivity contribution is 0.0249. The number of aromatic hydroxyl groups is 4. The quantitative estimate of drug-likeness (QED) is 0.0634. The summed E-state index contributed by atoms with van der Waals surface area (Å²) in [5, 5.41) is 39.8. The van der Waals surface area contributed by atoms with E-state index in [1.807, 2.05) is 0 Å². The molecule has 0 aliphatic rings. The molecule has 0 bridgehead atoms. The Labute approximate surface area is 267 Å². The minimum atomic E-state index is -0.508. The van der Waals surface area contributed by atoms with Crippen LogP contribution in [0, 0.1) is 0 Å². The molecule has 0 radical (unpaired) electrons. The van der Waals surface area contributed by atoms with Crippen LogP contribution in [0.3, 0.4) is 0 Å². The van der Waals surface area contributed by atoms with Gasteiger partial charge in [0.1, 0.15) is 34.7 Å². The molecule has 0 fully saturated rings. The van der Waals surface area contributed by atoms with E-state index in [4.69, 9.17) is 4.74 Å². The van der Waals surface area contributed by atoms with E-state index in [1.165, 1.54) is 25.0 Å². The molecule has 1 unspecified atom stereocenters. The molecule has 0 aliphatic heterocycles. The predicted octanol–water partition coefficient (Wildman–Crippen LogP) is 10.7. The molecule has 6 heteroatoms. The lowest BCUT2D eigenvalue weighted by Gasteiger charge is -2.19. The van der Waals surface area contributed by atoms with E-state index >= 15 is 0 Å². The molecule has 1 atom stereocenters. The number of esters is 1. The largest absolute Gasteiger partial charge is 0.508 e. The van der Waals surface area contributed by atoms with Gasteiger partial charge in [0.2, 0.25) is 0 Å². The molecule has 4 N–H and O–H groups in total. The number of phenols is 4. The number of rotatable bonds is 21. The highest BCUT2D eigenvalue weighted by Crippen LogP contribution is 2.30. The summed E-state index contributed by atoms with van der Waals surface area (Å²) in [6.07, 6.45) is 22.1. The predicted molar refractivity (Wildman–Crippen MR) is 182 cm³/mol. The summed E-state index contributed by atoms with van der Waals surface area (Å²) in [4.78, 5) is 13.2. The van der Waals surface area contributed by atoms with Crippen molar-refractivity contribution < 1.29 is 30.0 Å². The van der Waals surface area contributed by atoms with Gasteiger partial charge in [-0.15, -0.1) is 0 Å². The molecule has 0 aromatic heterocycles. The lowest BCUT2D eigenvalue weighted by Crippen LogP contribution is -2.19. The van der Waals surface area contributed by atoms with Crippen molar-refractivity contribution in [3.63, 3.8) is 0 Å². The smallest absolute Gasteiger partial charge is 0.342 e. The summed E-state index contributed by atoms with van der Waals surface area (Å²) < 4.78 is 5.90. The average molecular weight is 613 g/mol. The van der Waals surface area contributed by atoms with Gasteiger partial charge in [0.15, 0.2) is 0 Å². The van der Waals surface area contributed by atoms with Gasteiger partial charge in [-0.3, -0.25) is 0 Å². The number of carbonyl (C=O) groups is 1. The van der Waals surface area contributed by atoms with Crippen LogP contribution in [0.5, 0.6) is 23.0 Å². The lowest BCUT2D eigenvalue weighted by atomic mass is 9.98. The maximum Gasteiger partial charge on any atom is 0.342 e. The molecule has 248 valence electrons. The highest BCUT2D eigenvalue weighted by molar-refractivity contribution is 5.94. The first-order valence-electron chi connectivity index (χ1n) is 17.2. The van der Waals surface area contributed by atoms with Gasteiger partial charge in [-0.25, -0.2) is 4.79 Å². The van der Waals surface area contributed by atoms with Gasteiger partial charge in [-0.2, -0.15) is 0 Å². The second kappa shape index (κ2) is 24.2. The normalized spacial score (nSPS) is 11.7. The van der Waals surface area contributed by atoms with Gasteiger partial charge in [-0.05, 0) is 93.5 Å². The van der Waals surface area contributed by atoms with Gasteiger partial charge in [-0.1, -0.05) is 91.2 Å². The van der Waals surface area contributed by atoms with Crippen molar-refractivity contribution in [3.05, 3.63) is 59.2 Å². The SMILES string of the molecule is CCC.CCC/C=C/CCCCCCc1cc(O)cc(O)c1C(=O)OC(CCC)CCCCCCCc1cc(O)cc(O)c1. The Morgan fingerprint density at radius 1 is 0.659 bits per heavy atom. The second-order valence-corrected chi connectivity index (χ2v) is 11.9. The molecule has 6 nitrogen and oxygen atoms in total. The Morgan fingerprint density at radius 2 is 1.23 bits per heavy atom. The van der Waals surface area contributed by atoms with Crippen LogP contribution in [-0.4, -0.2) is 32.5 Å². The van der Waals surface area contributed by atoms with Crippen LogP contribution in [0.4, 0.5) is 0 Å². The zero-order valence-corrected chi connectivity index (χ0v) is 28.0. The number of benzene rings is 2. The number of ether oxygens (including phenoxy) is 1. The molecule has 0 amide bonds. The first kappa shape index (κ1) is 38.9. The van der Waals surface area contributed by atoms with Crippen molar-refractivity contribution in [2.45, 2.75) is 149 Å². The molecule has 0 saturated heterocycles. The summed E-state index contributed by atoms with van der Waals surface area (Å²) in [6.45, 7) is 8.50. The fourth-order valence-corrected chi connectivity index (χ4v) is 5.26. The number of aryl methyl sites for hydroxylation is 2. The number of unbranched alkanes of at least 4 members (excludes halogenated alkanes) is 9. The number of phenolic OH excluding ortho intramolecular Hbond substituents is 4. The second-order valence-electron chi connectivity index (χ2n) is 11.9. The Bertz CT molecular complexity index is 1060. The maximum atomic E-state index is 13.2. The first-order chi connectivity index (χ1) is 21.2. The molecule has 2 aromatic carbocycles. The number of allylic oxidation sites excluding steroid dienone is 2. The number of hydrogen-bond donors (Lipinski definition) is 4. The van der Waals surface area contributed by atoms with Gasteiger partial charge in [0, 0.05) is 12.1 Å². The van der Waals surface area contributed by atoms with Crippen molar-refractivity contribution in [3.8, 4) is 23.0 Å². The number of hydrogen-bond acceptors (Lipinski definition) is 6. The Morgan fingerprint density at radius 3 is 1.89 bits per heavy atom. The van der Waals surface area contributed by atoms with Crippen LogP contribution in [0.2, 0.25) is 0 Å². The molecule has 2 aromatic rings. The van der Waals surface area contributed by atoms with E-state index in [-0.39, 0.29) is 34.7 Å². The van der Waals surface area contributed by atoms with Crippen LogP contribution in [-0.2, 0) is 17.6 Å². The standard InChI is InChI=1S/C35H52O6.C3H8/c1-3-5-6-7-8-9-10-13-16-20-28-24-31(38)26-33(39)34(28)35(40)41-32(18-4-2)21-17-14-11-12-15-19-27-22-29(36)25-30(37)23-27;1-3-2/h6-7,22-26,32,36-39H,3-5,8-21H2,1-2H3;3H2,1-2H3/b7-6+;. The summed E-state index contributed by atoms with van der Waals surface area (Å²) in [5.41, 5.74) is 1.76. The topological polar surface area (TPSA) is 107 Å². The van der Waals surface area contributed by atoms with E-state index in [2.05, 4.69) is 39.8 Å². The summed E-state index contributed by atoms with van der Waals surface area (Å²) in [5.74, 6) is -0.593. The zero-order chi connectivity index (χ0) is 32.6. The molecule has 44 heavy (non-hydrogen) atoms. The monoisotopic (exact) mass is 612 g/mol. The summed E-state index contributed by atoms with van der Waals surface area (Å²) in [7, 11) is 0. The fraction of sp³-hybridized carbons (Fsp3) is 0.605. The molecule has 0 spiro atoms. The Hall–Kier alpha value is -3.15. The van der Waals surface area contributed by atoms with E-state index < -0.39 is 5.97 Å². The molecule has 0 aliphatic carbocycles. The Balaban J connectivity index is 0.00000309. The molecular weight excluding hydrogens is 552 g/mol. The van der Waals surface area contributed by atoms with Crippen molar-refractivity contribution in [1.29, 1.82) is 0 Å². The van der Waals surface area contributed by atoms with Crippen LogP contribution in [0.1, 0.15) is 152 Å². The molecule has 0 saturated carbocycles. The van der Waals surface area contributed by atoms with Gasteiger partial charge < -0.3 is 25.2 Å². The minimum Gasteiger partial charge on any atom is -0.508 e. The van der Waals surface area contributed by atoms with Gasteiger partial charge >= 0.3 is 5.97 Å². The highest BCUT2D eigenvalue weighted by Gasteiger charge is 2.22. The molecule has 2 rings (SSSR count). The third kappa shape index (κ3) is 17.2. The zero-order valence-electron chi connectivity index (χ0n) is 28.0. The third-order valence-electron chi connectivity index (χ3n) is 7.42. The fourth-order valence-electron chi connectivity index (χ4n) is 5.26. The number of carbonyl (C=O) groups excluding carboxylic acids is 1. The van der Waals surface area contributed by atoms with E-state index in [0.29, 0.717) is 12.0 Å². The van der Waals surface area contributed by atoms with Gasteiger partial charge in [0.25, 0.3) is 0 Å². The summed E-state index contributed by atoms with van der Waals surface area (Å²) in [6, 6.07) is 7.51. The van der Waals surface area contributed by atoms with E-state index in [9.17, 15) is 25.2 Å². The van der Waals surface area contributed by atoms with Crippen LogP contribution >= 0.6 is 0 Å². The maximum absolute atomic E-state index is 13.2. The first-order valence-corrected chi connectivity index (χ1v) is 17.2. The van der Waals surface area contributed by atoms with Gasteiger partial charge in [0.05, 0.1) is 0 Å². The molecular formula is C38H60O6. The van der Waals surface area contributed by atoms with Crippen LogP contribution < -0.4 is 0 Å². The van der Waals surface area contributed by atoms with Crippen molar-refractivity contribution in [1.82, 2.24) is 0 Å². The van der Waals surface area contributed by atoms with Crippen molar-refractivity contribution >= 4 is 5.97 Å². The van der Waals surface area contributed by atoms with Crippen LogP contribution in [0.25, 0.3) is 0 Å². The molecule has 0 heterocycles. The van der Waals surface area contributed by atoms with Crippen molar-refractivity contribution in [2.75, 3.05) is 0 Å².